The number of aromatic nitrogens is 2. The zero-order valence-corrected chi connectivity index (χ0v) is 12.6. The van der Waals surface area contributed by atoms with Gasteiger partial charge in [0.25, 0.3) is 0 Å². The molecule has 21 heavy (non-hydrogen) atoms. The molecule has 2 N–H and O–H groups in total. The largest absolute Gasteiger partial charge is 0.340 e. The van der Waals surface area contributed by atoms with Crippen LogP contribution < -0.4 is 10.7 Å². The van der Waals surface area contributed by atoms with Gasteiger partial charge in [0.1, 0.15) is 10.8 Å². The van der Waals surface area contributed by atoms with Gasteiger partial charge in [0.2, 0.25) is 0 Å². The number of carbonyl (C=O) groups excluding carboxylic acids is 1. The standard InChI is InChI=1S/C13H14FN5OS/c1-7-11(8(2)18-19-13(20)15-3)21-12(17-7)9-4-10(14)6-16-5-9/h4-6H,1-3H3,(H2,15,19,20). The molecular formula is C13H14FN5OS. The Morgan fingerprint density at radius 1 is 1.43 bits per heavy atom. The molecular weight excluding hydrogens is 293 g/mol. The number of hydrazone groups is 1. The molecule has 2 heterocycles. The zero-order valence-electron chi connectivity index (χ0n) is 11.8. The van der Waals surface area contributed by atoms with Crippen LogP contribution in [0.3, 0.4) is 0 Å². The fourth-order valence-electron chi connectivity index (χ4n) is 1.63. The Balaban J connectivity index is 2.29. The van der Waals surface area contributed by atoms with E-state index >= 15 is 0 Å². The molecule has 2 aromatic rings. The molecule has 0 radical (unpaired) electrons. The highest BCUT2D eigenvalue weighted by molar-refractivity contribution is 7.17. The number of thiazole rings is 1. The molecule has 0 aliphatic carbocycles. The Hall–Kier alpha value is -2.35. The molecule has 0 aliphatic heterocycles. The fraction of sp³-hybridized carbons (Fsp3) is 0.231. The Kier molecular flexibility index (Phi) is 4.59. The van der Waals surface area contributed by atoms with Gasteiger partial charge in [-0.15, -0.1) is 11.3 Å². The van der Waals surface area contributed by atoms with Gasteiger partial charge >= 0.3 is 6.03 Å². The number of amides is 2. The van der Waals surface area contributed by atoms with E-state index in [9.17, 15) is 9.18 Å². The first-order chi connectivity index (χ1) is 10.0. The van der Waals surface area contributed by atoms with E-state index in [0.717, 1.165) is 16.8 Å². The van der Waals surface area contributed by atoms with E-state index in [1.54, 1.807) is 13.1 Å². The number of urea groups is 1. The van der Waals surface area contributed by atoms with E-state index in [2.05, 4.69) is 25.8 Å². The Labute approximate surface area is 125 Å². The van der Waals surface area contributed by atoms with E-state index in [4.69, 9.17) is 0 Å². The lowest BCUT2D eigenvalue weighted by Gasteiger charge is -2.00. The maximum atomic E-state index is 13.2. The van der Waals surface area contributed by atoms with Gasteiger partial charge in [0.05, 0.1) is 22.5 Å². The second-order valence-corrected chi connectivity index (χ2v) is 5.21. The van der Waals surface area contributed by atoms with Gasteiger partial charge in [-0.2, -0.15) is 5.10 Å². The summed E-state index contributed by atoms with van der Waals surface area (Å²) in [4.78, 5) is 20.1. The monoisotopic (exact) mass is 307 g/mol. The predicted molar refractivity (Wildman–Crippen MR) is 79.8 cm³/mol. The number of halogens is 1. The predicted octanol–water partition coefficient (Wildman–Crippen LogP) is 2.31. The van der Waals surface area contributed by atoms with Crippen molar-refractivity contribution in [3.8, 4) is 10.6 Å². The van der Waals surface area contributed by atoms with Crippen LogP contribution >= 0.6 is 11.3 Å². The first-order valence-corrected chi connectivity index (χ1v) is 6.93. The second kappa shape index (κ2) is 6.40. The van der Waals surface area contributed by atoms with Crippen LogP contribution in [0.4, 0.5) is 9.18 Å². The minimum atomic E-state index is -0.409. The number of pyridine rings is 1. The molecule has 6 nitrogen and oxygen atoms in total. The summed E-state index contributed by atoms with van der Waals surface area (Å²) in [5.41, 5.74) is 4.36. The summed E-state index contributed by atoms with van der Waals surface area (Å²) in [7, 11) is 1.51. The highest BCUT2D eigenvalue weighted by Gasteiger charge is 2.13. The van der Waals surface area contributed by atoms with Crippen molar-refractivity contribution in [3.63, 3.8) is 0 Å². The van der Waals surface area contributed by atoms with Crippen molar-refractivity contribution in [1.29, 1.82) is 0 Å². The van der Waals surface area contributed by atoms with Crippen LogP contribution in [0.25, 0.3) is 10.6 Å². The van der Waals surface area contributed by atoms with E-state index in [1.807, 2.05) is 6.92 Å². The molecule has 0 spiro atoms. The Morgan fingerprint density at radius 3 is 2.86 bits per heavy atom. The molecule has 2 rings (SSSR count). The minimum absolute atomic E-state index is 0.397. The summed E-state index contributed by atoms with van der Waals surface area (Å²) in [6.45, 7) is 3.60. The molecule has 0 bridgehead atoms. The van der Waals surface area contributed by atoms with Crippen molar-refractivity contribution in [3.05, 3.63) is 34.8 Å². The summed E-state index contributed by atoms with van der Waals surface area (Å²) in [6, 6.07) is 0.982. The minimum Gasteiger partial charge on any atom is -0.340 e. The van der Waals surface area contributed by atoms with Crippen molar-refractivity contribution in [2.45, 2.75) is 13.8 Å². The quantitative estimate of drug-likeness (QED) is 0.674. The van der Waals surface area contributed by atoms with Crippen LogP contribution in [0, 0.1) is 12.7 Å². The third-order valence-electron chi connectivity index (χ3n) is 2.63. The third-order valence-corrected chi connectivity index (χ3v) is 3.94. The van der Waals surface area contributed by atoms with Crippen molar-refractivity contribution in [2.24, 2.45) is 5.10 Å². The van der Waals surface area contributed by atoms with Crippen LogP contribution in [-0.4, -0.2) is 28.8 Å². The number of aryl methyl sites for hydroxylation is 1. The fourth-order valence-corrected chi connectivity index (χ4v) is 2.62. The highest BCUT2D eigenvalue weighted by Crippen LogP contribution is 2.28. The lowest BCUT2D eigenvalue weighted by atomic mass is 10.3. The van der Waals surface area contributed by atoms with Crippen LogP contribution in [-0.2, 0) is 0 Å². The first kappa shape index (κ1) is 15.0. The normalized spacial score (nSPS) is 11.3. The van der Waals surface area contributed by atoms with Gasteiger partial charge in [0, 0.05) is 18.8 Å². The Bertz CT molecular complexity index is 698. The van der Waals surface area contributed by atoms with Gasteiger partial charge in [0.15, 0.2) is 0 Å². The van der Waals surface area contributed by atoms with Crippen LogP contribution in [0.1, 0.15) is 17.5 Å². The lowest BCUT2D eigenvalue weighted by Crippen LogP contribution is -2.29. The van der Waals surface area contributed by atoms with Gasteiger partial charge < -0.3 is 5.32 Å². The second-order valence-electron chi connectivity index (χ2n) is 4.21. The lowest BCUT2D eigenvalue weighted by molar-refractivity contribution is 0.243. The van der Waals surface area contributed by atoms with Gasteiger partial charge in [-0.05, 0) is 19.9 Å². The molecule has 2 amide bonds. The van der Waals surface area contributed by atoms with Crippen LogP contribution in [0.5, 0.6) is 0 Å². The van der Waals surface area contributed by atoms with Gasteiger partial charge in [-0.1, -0.05) is 0 Å². The smallest absolute Gasteiger partial charge is 0.334 e. The van der Waals surface area contributed by atoms with Crippen LogP contribution in [0.15, 0.2) is 23.6 Å². The van der Waals surface area contributed by atoms with Gasteiger partial charge in [-0.3, -0.25) is 4.98 Å². The SMILES string of the molecule is CNC(=O)NN=C(C)c1sc(-c2cncc(F)c2)nc1C. The number of hydrogen-bond acceptors (Lipinski definition) is 5. The molecule has 0 unspecified atom stereocenters. The van der Waals surface area contributed by atoms with Crippen molar-refractivity contribution < 1.29 is 9.18 Å². The summed E-state index contributed by atoms with van der Waals surface area (Å²) in [6.07, 6.45) is 2.70. The van der Waals surface area contributed by atoms with E-state index in [1.165, 1.54) is 24.5 Å². The summed E-state index contributed by atoms with van der Waals surface area (Å²) < 4.78 is 13.2. The summed E-state index contributed by atoms with van der Waals surface area (Å²) >= 11 is 1.37. The average Bonchev–Trinajstić information content (AvgIpc) is 2.86. The molecule has 0 aliphatic rings. The maximum Gasteiger partial charge on any atom is 0.334 e. The van der Waals surface area contributed by atoms with Crippen molar-refractivity contribution in [2.75, 3.05) is 7.05 Å². The average molecular weight is 307 g/mol. The van der Waals surface area contributed by atoms with E-state index < -0.39 is 11.8 Å². The molecule has 0 saturated carbocycles. The van der Waals surface area contributed by atoms with Gasteiger partial charge in [-0.25, -0.2) is 19.6 Å². The highest BCUT2D eigenvalue weighted by atomic mass is 32.1. The molecule has 0 saturated heterocycles. The number of carbonyl (C=O) groups is 1. The Morgan fingerprint density at radius 2 is 2.19 bits per heavy atom. The maximum absolute atomic E-state index is 13.2. The molecule has 0 aromatic carbocycles. The first-order valence-electron chi connectivity index (χ1n) is 6.12. The molecule has 110 valence electrons. The molecule has 0 atom stereocenters. The molecule has 2 aromatic heterocycles. The van der Waals surface area contributed by atoms with E-state index in [0.29, 0.717) is 16.3 Å². The molecule has 0 fully saturated rings. The topological polar surface area (TPSA) is 79.3 Å². The number of nitrogens with zero attached hydrogens (tertiary/aromatic N) is 3. The number of rotatable bonds is 3. The van der Waals surface area contributed by atoms with Crippen molar-refractivity contribution >= 4 is 23.1 Å². The van der Waals surface area contributed by atoms with Crippen molar-refractivity contribution in [1.82, 2.24) is 20.7 Å². The summed E-state index contributed by atoms with van der Waals surface area (Å²) in [5, 5.41) is 7.05. The summed E-state index contributed by atoms with van der Waals surface area (Å²) in [5.74, 6) is -0.409. The molecule has 8 heteroatoms. The third kappa shape index (κ3) is 3.60. The van der Waals surface area contributed by atoms with E-state index in [-0.39, 0.29) is 0 Å². The van der Waals surface area contributed by atoms with Crippen LogP contribution in [0.2, 0.25) is 0 Å². The number of hydrogen-bond donors (Lipinski definition) is 2. The zero-order chi connectivity index (χ0) is 15.4. The number of nitrogens with one attached hydrogen (secondary N) is 2.